The molecule has 2 aliphatic heterocycles. The molecule has 0 radical (unpaired) electrons. The molecule has 1 saturated heterocycles. The Morgan fingerprint density at radius 3 is 2.84 bits per heavy atom. The maximum Gasteiger partial charge on any atom is 0.321 e. The van der Waals surface area contributed by atoms with Gasteiger partial charge in [-0.3, -0.25) is 15.1 Å². The number of amidine groups is 1. The Hall–Kier alpha value is -3.21. The highest BCUT2D eigenvalue weighted by atomic mass is 19.1. The number of phenols is 1. The minimum Gasteiger partial charge on any atom is -0.504 e. The van der Waals surface area contributed by atoms with E-state index < -0.39 is 41.1 Å². The van der Waals surface area contributed by atoms with Gasteiger partial charge in [0, 0.05) is 20.1 Å². The summed E-state index contributed by atoms with van der Waals surface area (Å²) >= 11 is 0. The van der Waals surface area contributed by atoms with E-state index in [0.717, 1.165) is 0 Å². The number of carbonyl (C=O) groups excluding carboxylic acids is 3. The lowest BCUT2D eigenvalue weighted by Gasteiger charge is -2.52. The average Bonchev–Trinajstić information content (AvgIpc) is 2.78. The van der Waals surface area contributed by atoms with Crippen molar-refractivity contribution in [2.45, 2.75) is 38.8 Å². The molecule has 174 valence electrons. The molecule has 5 N–H and O–H groups in total. The Bertz CT molecular complexity index is 968. The summed E-state index contributed by atoms with van der Waals surface area (Å²) in [4.78, 5) is 43.1. The van der Waals surface area contributed by atoms with Gasteiger partial charge in [0.05, 0.1) is 30.0 Å². The van der Waals surface area contributed by atoms with E-state index in [0.29, 0.717) is 24.8 Å². The van der Waals surface area contributed by atoms with Crippen molar-refractivity contribution in [3.05, 3.63) is 23.0 Å². The van der Waals surface area contributed by atoms with Crippen LogP contribution in [0, 0.1) is 11.2 Å². The van der Waals surface area contributed by atoms with E-state index in [9.17, 15) is 19.5 Å². The number of anilines is 1. The van der Waals surface area contributed by atoms with Crippen LogP contribution in [0.1, 0.15) is 31.4 Å². The molecule has 3 rings (SSSR count). The first-order valence-electron chi connectivity index (χ1n) is 10.4. The number of aliphatic imine (C=N–C) groups is 1. The Morgan fingerprint density at radius 2 is 2.22 bits per heavy atom. The summed E-state index contributed by atoms with van der Waals surface area (Å²) in [5, 5.41) is 15.0. The van der Waals surface area contributed by atoms with E-state index in [-0.39, 0.29) is 36.7 Å². The van der Waals surface area contributed by atoms with Gasteiger partial charge in [-0.05, 0) is 31.4 Å². The quantitative estimate of drug-likeness (QED) is 0.221. The van der Waals surface area contributed by atoms with Gasteiger partial charge >= 0.3 is 6.03 Å². The lowest BCUT2D eigenvalue weighted by Crippen LogP contribution is -2.67. The number of aldehydes is 1. The van der Waals surface area contributed by atoms with E-state index >= 15 is 4.39 Å². The fourth-order valence-corrected chi connectivity index (χ4v) is 4.49. The monoisotopic (exact) mass is 449 g/mol. The number of ether oxygens (including phenoxy) is 1. The van der Waals surface area contributed by atoms with Crippen LogP contribution in [0.15, 0.2) is 11.1 Å². The number of urea groups is 1. The molecule has 1 aromatic rings. The number of nitrogens with zero attached hydrogens (tertiary/aromatic N) is 2. The van der Waals surface area contributed by atoms with Crippen LogP contribution in [0.5, 0.6) is 5.75 Å². The molecule has 1 aromatic carbocycles. The van der Waals surface area contributed by atoms with Crippen molar-refractivity contribution in [1.29, 1.82) is 0 Å². The van der Waals surface area contributed by atoms with E-state index in [4.69, 9.17) is 10.5 Å². The molecule has 2 heterocycles. The van der Waals surface area contributed by atoms with Gasteiger partial charge in [0.2, 0.25) is 5.91 Å². The van der Waals surface area contributed by atoms with Gasteiger partial charge in [-0.1, -0.05) is 6.92 Å². The number of nitrogens with two attached hydrogens (primary N) is 1. The molecule has 0 bridgehead atoms. The number of morpholine rings is 1. The van der Waals surface area contributed by atoms with Gasteiger partial charge in [-0.25, -0.2) is 9.18 Å². The summed E-state index contributed by atoms with van der Waals surface area (Å²) in [6.07, 6.45) is 0.343. The number of rotatable bonds is 5. The van der Waals surface area contributed by atoms with Gasteiger partial charge < -0.3 is 30.6 Å². The summed E-state index contributed by atoms with van der Waals surface area (Å²) in [7, 11) is 1.34. The predicted octanol–water partition coefficient (Wildman–Crippen LogP) is 0.437. The molecule has 3 atom stereocenters. The molecule has 1 fully saturated rings. The number of fused-ring (bicyclic) bond motifs is 3. The number of carbonyl (C=O) groups is 3. The third kappa shape index (κ3) is 3.77. The van der Waals surface area contributed by atoms with Gasteiger partial charge in [0.1, 0.15) is 17.5 Å². The summed E-state index contributed by atoms with van der Waals surface area (Å²) in [6, 6.07) is -0.215. The van der Waals surface area contributed by atoms with E-state index in [1.54, 1.807) is 11.8 Å². The maximum atomic E-state index is 15.4. The topological polar surface area (TPSA) is 146 Å². The highest BCUT2D eigenvalue weighted by molar-refractivity contribution is 6.07. The Balaban J connectivity index is 2.21. The zero-order chi connectivity index (χ0) is 23.6. The summed E-state index contributed by atoms with van der Waals surface area (Å²) in [5.74, 6) is -2.42. The largest absolute Gasteiger partial charge is 0.504 e. The SMILES string of the molecule is CCCN=C(N)c1cc2c(c(F)c1O)N1CCO[C@@H](C)C1C(C=O)(C(=O)NC(=O)NC)C2. The molecule has 3 amide bonds. The molecule has 2 unspecified atom stereocenters. The second-order valence-electron chi connectivity index (χ2n) is 7.94. The third-order valence-electron chi connectivity index (χ3n) is 5.95. The summed E-state index contributed by atoms with van der Waals surface area (Å²) in [5.41, 5.74) is 4.60. The summed E-state index contributed by atoms with van der Waals surface area (Å²) < 4.78 is 21.1. The zero-order valence-corrected chi connectivity index (χ0v) is 18.3. The highest BCUT2D eigenvalue weighted by Gasteiger charge is 2.56. The van der Waals surface area contributed by atoms with Crippen LogP contribution in [-0.4, -0.2) is 68.1 Å². The van der Waals surface area contributed by atoms with Crippen molar-refractivity contribution in [3.63, 3.8) is 0 Å². The lowest BCUT2D eigenvalue weighted by molar-refractivity contribution is -0.142. The van der Waals surface area contributed by atoms with E-state index in [2.05, 4.69) is 15.6 Å². The molecule has 0 aliphatic carbocycles. The Morgan fingerprint density at radius 1 is 1.50 bits per heavy atom. The summed E-state index contributed by atoms with van der Waals surface area (Å²) in [6.45, 7) is 4.37. The van der Waals surface area contributed by atoms with Gasteiger partial charge in [0.15, 0.2) is 11.6 Å². The molecule has 0 saturated carbocycles. The fraction of sp³-hybridized carbons (Fsp3) is 0.524. The molecule has 11 heteroatoms. The van der Waals surface area contributed by atoms with Crippen molar-refractivity contribution in [3.8, 4) is 5.75 Å². The first-order chi connectivity index (χ1) is 15.2. The fourth-order valence-electron chi connectivity index (χ4n) is 4.49. The van der Waals surface area contributed by atoms with Crippen LogP contribution < -0.4 is 21.3 Å². The van der Waals surface area contributed by atoms with Crippen LogP contribution in [0.4, 0.5) is 14.9 Å². The molecule has 10 nitrogen and oxygen atoms in total. The normalized spacial score (nSPS) is 24.9. The van der Waals surface area contributed by atoms with Crippen molar-refractivity contribution >= 4 is 29.7 Å². The van der Waals surface area contributed by atoms with Crippen molar-refractivity contribution in [2.75, 3.05) is 31.6 Å². The number of aromatic hydroxyl groups is 1. The van der Waals surface area contributed by atoms with Crippen LogP contribution in [0.25, 0.3) is 0 Å². The minimum atomic E-state index is -1.74. The number of nitrogens with one attached hydrogen (secondary N) is 2. The molecule has 0 spiro atoms. The second kappa shape index (κ2) is 9.11. The molecular weight excluding hydrogens is 421 g/mol. The number of benzene rings is 1. The van der Waals surface area contributed by atoms with Crippen molar-refractivity contribution in [1.82, 2.24) is 10.6 Å². The first kappa shape index (κ1) is 23.5. The predicted molar refractivity (Wildman–Crippen MR) is 115 cm³/mol. The first-order valence-corrected chi connectivity index (χ1v) is 10.4. The van der Waals surface area contributed by atoms with Crippen LogP contribution in [0.2, 0.25) is 0 Å². The average molecular weight is 449 g/mol. The molecule has 0 aromatic heterocycles. The number of phenolic OH excluding ortho intramolecular Hbond substituents is 1. The van der Waals surface area contributed by atoms with Crippen molar-refractivity contribution < 1.29 is 28.6 Å². The van der Waals surface area contributed by atoms with Crippen LogP contribution in [0.3, 0.4) is 0 Å². The number of imide groups is 1. The second-order valence-corrected chi connectivity index (χ2v) is 7.94. The lowest BCUT2D eigenvalue weighted by atomic mass is 9.69. The Labute approximate surface area is 185 Å². The smallest absolute Gasteiger partial charge is 0.321 e. The van der Waals surface area contributed by atoms with Gasteiger partial charge in [-0.15, -0.1) is 0 Å². The molecular formula is C21H28FN5O5. The minimum absolute atomic E-state index is 0.0130. The highest BCUT2D eigenvalue weighted by Crippen LogP contribution is 2.47. The van der Waals surface area contributed by atoms with Crippen LogP contribution >= 0.6 is 0 Å². The standard InChI is InChI=1S/C21H28FN5O5/c1-4-5-25-18(23)13-8-12-9-21(10-28,19(30)26-20(31)24-3)17-11(2)32-7-6-27(17)15(12)14(22)16(13)29/h8,10-11,17,29H,4-7,9H2,1-3H3,(H2,23,25)(H2,24,26,30,31)/t11-,17?,21?/m0/s1. The molecule has 32 heavy (non-hydrogen) atoms. The zero-order valence-electron chi connectivity index (χ0n) is 18.3. The van der Waals surface area contributed by atoms with E-state index in [1.807, 2.05) is 6.92 Å². The third-order valence-corrected chi connectivity index (χ3v) is 5.95. The maximum absolute atomic E-state index is 15.4. The van der Waals surface area contributed by atoms with E-state index in [1.165, 1.54) is 13.1 Å². The number of halogens is 1. The number of hydrogen-bond donors (Lipinski definition) is 4. The Kier molecular flexibility index (Phi) is 6.68. The number of amides is 3. The molecule has 2 aliphatic rings. The number of hydrogen-bond acceptors (Lipinski definition) is 7. The van der Waals surface area contributed by atoms with Crippen molar-refractivity contribution in [2.24, 2.45) is 16.1 Å². The van der Waals surface area contributed by atoms with Crippen LogP contribution in [-0.2, 0) is 20.7 Å². The van der Waals surface area contributed by atoms with Gasteiger partial charge in [0.25, 0.3) is 0 Å². The van der Waals surface area contributed by atoms with Gasteiger partial charge in [-0.2, -0.15) is 0 Å².